The summed E-state index contributed by atoms with van der Waals surface area (Å²) in [5, 5.41) is 0.789. The van der Waals surface area contributed by atoms with Gasteiger partial charge < -0.3 is 5.73 Å². The first-order chi connectivity index (χ1) is 5.20. The van der Waals surface area contributed by atoms with Gasteiger partial charge in [0.1, 0.15) is 0 Å². The first-order valence-corrected chi connectivity index (χ1v) is 5.62. The smallest absolute Gasteiger partial charge is 0.0127 e. The molecule has 0 heterocycles. The molecule has 0 aliphatic carbocycles. The van der Waals surface area contributed by atoms with E-state index in [1.165, 1.54) is 12.8 Å². The summed E-state index contributed by atoms with van der Waals surface area (Å²) in [5.74, 6) is 1.12. The van der Waals surface area contributed by atoms with Crippen LogP contribution in [0.4, 0.5) is 0 Å². The van der Waals surface area contributed by atoms with Crippen molar-refractivity contribution in [1.82, 2.24) is 0 Å². The Morgan fingerprint density at radius 3 is 2.45 bits per heavy atom. The van der Waals surface area contributed by atoms with Crippen molar-refractivity contribution in [2.45, 2.75) is 51.3 Å². The van der Waals surface area contributed by atoms with Gasteiger partial charge in [-0.2, -0.15) is 11.8 Å². The van der Waals surface area contributed by atoms with Crippen LogP contribution in [0.1, 0.15) is 40.0 Å². The Morgan fingerprint density at radius 2 is 2.00 bits per heavy atom. The molecular weight excluding hydrogens is 154 g/mol. The van der Waals surface area contributed by atoms with Gasteiger partial charge in [0.25, 0.3) is 0 Å². The van der Waals surface area contributed by atoms with Gasteiger partial charge >= 0.3 is 0 Å². The molecule has 2 heteroatoms. The second-order valence-electron chi connectivity index (χ2n) is 3.10. The van der Waals surface area contributed by atoms with E-state index >= 15 is 0 Å². The number of thioether (sulfide) groups is 1. The number of hydrogen-bond acceptors (Lipinski definition) is 2. The first kappa shape index (κ1) is 11.3. The van der Waals surface area contributed by atoms with E-state index < -0.39 is 0 Å². The lowest BCUT2D eigenvalue weighted by atomic mass is 10.3. The van der Waals surface area contributed by atoms with E-state index in [1.54, 1.807) is 0 Å². The molecule has 0 aliphatic heterocycles. The molecule has 0 saturated heterocycles. The standard InChI is InChI=1S/C9H21NS/c1-4-6-8(3)11-7-9(10)5-2/h8-9H,4-7,10H2,1-3H3. The quantitative estimate of drug-likeness (QED) is 0.671. The van der Waals surface area contributed by atoms with Crippen molar-refractivity contribution in [3.63, 3.8) is 0 Å². The zero-order chi connectivity index (χ0) is 8.69. The molecule has 0 bridgehead atoms. The average Bonchev–Trinajstić information content (AvgIpc) is 2.01. The summed E-state index contributed by atoms with van der Waals surface area (Å²) in [7, 11) is 0. The van der Waals surface area contributed by atoms with Crippen LogP contribution < -0.4 is 5.73 Å². The van der Waals surface area contributed by atoms with Gasteiger partial charge in [-0.05, 0) is 12.8 Å². The van der Waals surface area contributed by atoms with Crippen molar-refractivity contribution in [2.75, 3.05) is 5.75 Å². The van der Waals surface area contributed by atoms with Gasteiger partial charge in [-0.15, -0.1) is 0 Å². The van der Waals surface area contributed by atoms with Gasteiger partial charge in [0.05, 0.1) is 0 Å². The van der Waals surface area contributed by atoms with E-state index in [0.29, 0.717) is 6.04 Å². The van der Waals surface area contributed by atoms with Crippen molar-refractivity contribution < 1.29 is 0 Å². The second-order valence-corrected chi connectivity index (χ2v) is 4.57. The van der Waals surface area contributed by atoms with Crippen molar-refractivity contribution >= 4 is 11.8 Å². The van der Waals surface area contributed by atoms with Gasteiger partial charge in [-0.1, -0.05) is 27.2 Å². The second kappa shape index (κ2) is 6.99. The lowest BCUT2D eigenvalue weighted by molar-refractivity contribution is 0.718. The lowest BCUT2D eigenvalue weighted by Crippen LogP contribution is -2.22. The molecule has 68 valence electrons. The molecule has 0 amide bonds. The molecule has 1 nitrogen and oxygen atoms in total. The fourth-order valence-corrected chi connectivity index (χ4v) is 2.11. The molecule has 0 aliphatic rings. The van der Waals surface area contributed by atoms with Crippen LogP contribution >= 0.6 is 11.8 Å². The van der Waals surface area contributed by atoms with Crippen LogP contribution in [0, 0.1) is 0 Å². The van der Waals surface area contributed by atoms with E-state index in [1.807, 2.05) is 11.8 Å². The van der Waals surface area contributed by atoms with Crippen molar-refractivity contribution in [1.29, 1.82) is 0 Å². The van der Waals surface area contributed by atoms with Crippen LogP contribution in [0.5, 0.6) is 0 Å². The lowest BCUT2D eigenvalue weighted by Gasteiger charge is -2.12. The highest BCUT2D eigenvalue weighted by Crippen LogP contribution is 2.16. The van der Waals surface area contributed by atoms with E-state index in [9.17, 15) is 0 Å². The van der Waals surface area contributed by atoms with Crippen LogP contribution in [0.3, 0.4) is 0 Å². The monoisotopic (exact) mass is 175 g/mol. The SMILES string of the molecule is CCCC(C)SCC(N)CC. The molecule has 2 N–H and O–H groups in total. The topological polar surface area (TPSA) is 26.0 Å². The summed E-state index contributed by atoms with van der Waals surface area (Å²) in [5.41, 5.74) is 5.80. The minimum absolute atomic E-state index is 0.402. The molecule has 2 unspecified atom stereocenters. The molecule has 0 radical (unpaired) electrons. The average molecular weight is 175 g/mol. The van der Waals surface area contributed by atoms with Crippen LogP contribution in [0.15, 0.2) is 0 Å². The fourth-order valence-electron chi connectivity index (χ4n) is 0.896. The summed E-state index contributed by atoms with van der Waals surface area (Å²) in [6.07, 6.45) is 3.71. The third-order valence-corrected chi connectivity index (χ3v) is 3.24. The largest absolute Gasteiger partial charge is 0.327 e. The Morgan fingerprint density at radius 1 is 1.36 bits per heavy atom. The molecule has 0 fully saturated rings. The van der Waals surface area contributed by atoms with E-state index in [4.69, 9.17) is 5.73 Å². The molecule has 0 rings (SSSR count). The number of nitrogens with two attached hydrogens (primary N) is 1. The molecular formula is C9H21NS. The minimum atomic E-state index is 0.402. The van der Waals surface area contributed by atoms with Crippen LogP contribution in [0.25, 0.3) is 0 Å². The molecule has 0 aromatic rings. The molecule has 0 aromatic carbocycles. The zero-order valence-electron chi connectivity index (χ0n) is 7.97. The zero-order valence-corrected chi connectivity index (χ0v) is 8.79. The minimum Gasteiger partial charge on any atom is -0.327 e. The van der Waals surface area contributed by atoms with Gasteiger partial charge in [0.15, 0.2) is 0 Å². The van der Waals surface area contributed by atoms with Gasteiger partial charge in [0, 0.05) is 17.0 Å². The van der Waals surface area contributed by atoms with Crippen molar-refractivity contribution in [2.24, 2.45) is 5.73 Å². The Hall–Kier alpha value is 0.310. The summed E-state index contributed by atoms with van der Waals surface area (Å²) in [4.78, 5) is 0. The summed E-state index contributed by atoms with van der Waals surface area (Å²) < 4.78 is 0. The Balaban J connectivity index is 3.22. The highest BCUT2D eigenvalue weighted by atomic mass is 32.2. The van der Waals surface area contributed by atoms with Gasteiger partial charge in [0.2, 0.25) is 0 Å². The third-order valence-electron chi connectivity index (χ3n) is 1.81. The van der Waals surface area contributed by atoms with Crippen molar-refractivity contribution in [3.8, 4) is 0 Å². The van der Waals surface area contributed by atoms with Crippen LogP contribution in [0.2, 0.25) is 0 Å². The first-order valence-electron chi connectivity index (χ1n) is 4.57. The maximum absolute atomic E-state index is 5.80. The Labute approximate surface area is 75.1 Å². The fraction of sp³-hybridized carbons (Fsp3) is 1.00. The Kier molecular flexibility index (Phi) is 7.18. The third kappa shape index (κ3) is 6.70. The maximum atomic E-state index is 5.80. The van der Waals surface area contributed by atoms with E-state index in [0.717, 1.165) is 17.4 Å². The maximum Gasteiger partial charge on any atom is 0.0127 e. The van der Waals surface area contributed by atoms with Gasteiger partial charge in [-0.25, -0.2) is 0 Å². The molecule has 2 atom stereocenters. The van der Waals surface area contributed by atoms with E-state index in [-0.39, 0.29) is 0 Å². The summed E-state index contributed by atoms with van der Waals surface area (Å²) in [6.45, 7) is 6.67. The number of hydrogen-bond donors (Lipinski definition) is 1. The highest BCUT2D eigenvalue weighted by Gasteiger charge is 2.04. The molecule has 11 heavy (non-hydrogen) atoms. The van der Waals surface area contributed by atoms with Gasteiger partial charge in [-0.3, -0.25) is 0 Å². The molecule has 0 aromatic heterocycles. The Bertz CT molecular complexity index is 85.6. The highest BCUT2D eigenvalue weighted by molar-refractivity contribution is 7.99. The molecule has 0 spiro atoms. The van der Waals surface area contributed by atoms with E-state index in [2.05, 4.69) is 20.8 Å². The number of rotatable bonds is 6. The normalized spacial score (nSPS) is 16.4. The predicted octanol–water partition coefficient (Wildman–Crippen LogP) is 2.65. The summed E-state index contributed by atoms with van der Waals surface area (Å²) in [6, 6.07) is 0.402. The van der Waals surface area contributed by atoms with Crippen LogP contribution in [-0.4, -0.2) is 17.0 Å². The van der Waals surface area contributed by atoms with Crippen LogP contribution in [-0.2, 0) is 0 Å². The van der Waals surface area contributed by atoms with Crippen molar-refractivity contribution in [3.05, 3.63) is 0 Å². The predicted molar refractivity (Wildman–Crippen MR) is 55.1 cm³/mol. The summed E-state index contributed by atoms with van der Waals surface area (Å²) >= 11 is 2.01. The molecule has 0 saturated carbocycles.